The van der Waals surface area contributed by atoms with Crippen LogP contribution >= 0.6 is 22.7 Å². The van der Waals surface area contributed by atoms with Crippen LogP contribution in [0.4, 0.5) is 33.0 Å². The molecule has 0 bridgehead atoms. The fourth-order valence-electron chi connectivity index (χ4n) is 3.30. The van der Waals surface area contributed by atoms with Crippen LogP contribution in [0.5, 0.6) is 0 Å². The Hall–Kier alpha value is -3.48. The first-order valence-electron chi connectivity index (χ1n) is 9.49. The highest BCUT2D eigenvalue weighted by atomic mass is 32.1. The maximum absolute atomic E-state index is 4.54. The monoisotopic (exact) mass is 426 g/mol. The zero-order valence-corrected chi connectivity index (χ0v) is 17.6. The molecule has 0 aliphatic carbocycles. The lowest BCUT2D eigenvalue weighted by atomic mass is 10.2. The van der Waals surface area contributed by atoms with Crippen LogP contribution in [0.3, 0.4) is 0 Å². The van der Waals surface area contributed by atoms with Crippen molar-refractivity contribution in [2.45, 2.75) is 0 Å². The summed E-state index contributed by atoms with van der Waals surface area (Å²) in [7, 11) is 0. The molecule has 0 aliphatic heterocycles. The van der Waals surface area contributed by atoms with Crippen LogP contribution in [0.15, 0.2) is 108 Å². The number of thiazole rings is 2. The SMILES string of the molecule is c1ccc(N(c2ccc(N(c3ccccc3)c3nccs3)cc2)c2nccs2)cc1. The van der Waals surface area contributed by atoms with Gasteiger partial charge in [-0.15, -0.1) is 22.7 Å². The average molecular weight is 427 g/mol. The largest absolute Gasteiger partial charge is 0.286 e. The summed E-state index contributed by atoms with van der Waals surface area (Å²) >= 11 is 3.24. The van der Waals surface area contributed by atoms with Gasteiger partial charge < -0.3 is 0 Å². The number of nitrogens with zero attached hydrogens (tertiary/aromatic N) is 4. The van der Waals surface area contributed by atoms with Crippen molar-refractivity contribution in [2.24, 2.45) is 0 Å². The summed E-state index contributed by atoms with van der Waals surface area (Å²) in [5.74, 6) is 0. The van der Waals surface area contributed by atoms with Crippen molar-refractivity contribution < 1.29 is 0 Å². The minimum atomic E-state index is 0.939. The lowest BCUT2D eigenvalue weighted by Crippen LogP contribution is -2.11. The van der Waals surface area contributed by atoms with E-state index in [0.29, 0.717) is 0 Å². The van der Waals surface area contributed by atoms with Gasteiger partial charge in [0.05, 0.1) is 0 Å². The van der Waals surface area contributed by atoms with Crippen molar-refractivity contribution in [3.05, 3.63) is 108 Å². The Morgan fingerprint density at radius 2 is 0.833 bits per heavy atom. The number of hydrogen-bond acceptors (Lipinski definition) is 6. The first-order valence-corrected chi connectivity index (χ1v) is 11.3. The Balaban J connectivity index is 1.55. The molecule has 6 heteroatoms. The second kappa shape index (κ2) is 8.49. The van der Waals surface area contributed by atoms with Crippen molar-refractivity contribution in [3.8, 4) is 0 Å². The van der Waals surface area contributed by atoms with Crippen molar-refractivity contribution in [1.82, 2.24) is 9.97 Å². The van der Waals surface area contributed by atoms with Gasteiger partial charge in [-0.1, -0.05) is 36.4 Å². The molecule has 146 valence electrons. The fraction of sp³-hybridized carbons (Fsp3) is 0. The number of aromatic nitrogens is 2. The van der Waals surface area contributed by atoms with Crippen LogP contribution in [0, 0.1) is 0 Å². The first-order chi connectivity index (χ1) is 14.9. The van der Waals surface area contributed by atoms with Crippen LogP contribution in [-0.2, 0) is 0 Å². The molecular formula is C24H18N4S2. The van der Waals surface area contributed by atoms with Crippen molar-refractivity contribution in [3.63, 3.8) is 0 Å². The smallest absolute Gasteiger partial charge is 0.194 e. The van der Waals surface area contributed by atoms with Gasteiger partial charge in [0.15, 0.2) is 10.3 Å². The Morgan fingerprint density at radius 1 is 0.467 bits per heavy atom. The number of benzene rings is 3. The number of hydrogen-bond donors (Lipinski definition) is 0. The second-order valence-corrected chi connectivity index (χ2v) is 8.23. The fourth-order valence-corrected chi connectivity index (χ4v) is 4.66. The van der Waals surface area contributed by atoms with Crippen LogP contribution in [0.2, 0.25) is 0 Å². The summed E-state index contributed by atoms with van der Waals surface area (Å²) in [5.41, 5.74) is 4.29. The van der Waals surface area contributed by atoms with Crippen molar-refractivity contribution in [1.29, 1.82) is 0 Å². The molecule has 0 amide bonds. The van der Waals surface area contributed by atoms with Gasteiger partial charge in [0, 0.05) is 45.9 Å². The molecule has 0 radical (unpaired) electrons. The summed E-state index contributed by atoms with van der Waals surface area (Å²) in [4.78, 5) is 13.4. The van der Waals surface area contributed by atoms with E-state index in [-0.39, 0.29) is 0 Å². The predicted molar refractivity (Wildman–Crippen MR) is 127 cm³/mol. The lowest BCUT2D eigenvalue weighted by Gasteiger charge is -2.25. The molecule has 5 rings (SSSR count). The van der Waals surface area contributed by atoms with Crippen molar-refractivity contribution in [2.75, 3.05) is 9.80 Å². The molecule has 2 aromatic heterocycles. The molecule has 4 nitrogen and oxygen atoms in total. The van der Waals surface area contributed by atoms with Gasteiger partial charge in [-0.2, -0.15) is 0 Å². The maximum Gasteiger partial charge on any atom is 0.194 e. The third-order valence-corrected chi connectivity index (χ3v) is 6.13. The van der Waals surface area contributed by atoms with E-state index in [1.54, 1.807) is 22.7 Å². The number of para-hydroxylation sites is 2. The third kappa shape index (κ3) is 3.70. The second-order valence-electron chi connectivity index (χ2n) is 6.49. The molecule has 30 heavy (non-hydrogen) atoms. The first kappa shape index (κ1) is 18.5. The van der Waals surface area contributed by atoms with E-state index in [0.717, 1.165) is 33.0 Å². The van der Waals surface area contributed by atoms with Gasteiger partial charge >= 0.3 is 0 Å². The normalized spacial score (nSPS) is 10.7. The molecule has 0 unspecified atom stereocenters. The minimum absolute atomic E-state index is 0.939. The molecule has 0 saturated heterocycles. The van der Waals surface area contributed by atoms with E-state index in [2.05, 4.69) is 68.3 Å². The summed E-state index contributed by atoms with van der Waals surface area (Å²) in [6.45, 7) is 0. The Morgan fingerprint density at radius 3 is 1.17 bits per heavy atom. The Bertz CT molecular complexity index is 1080. The molecule has 5 aromatic rings. The zero-order valence-electron chi connectivity index (χ0n) is 16.0. The molecule has 3 aromatic carbocycles. The van der Waals surface area contributed by atoms with Crippen LogP contribution < -0.4 is 9.80 Å². The number of anilines is 6. The minimum Gasteiger partial charge on any atom is -0.286 e. The highest BCUT2D eigenvalue weighted by molar-refractivity contribution is 7.14. The molecule has 0 spiro atoms. The molecule has 0 N–H and O–H groups in total. The molecule has 0 atom stereocenters. The lowest BCUT2D eigenvalue weighted by molar-refractivity contribution is 1.21. The Labute approximate surface area is 183 Å². The summed E-state index contributed by atoms with van der Waals surface area (Å²) in [6, 6.07) is 29.2. The predicted octanol–water partition coefficient (Wildman–Crippen LogP) is 7.54. The van der Waals surface area contributed by atoms with Crippen molar-refractivity contribution >= 4 is 55.7 Å². The molecule has 2 heterocycles. The van der Waals surface area contributed by atoms with Gasteiger partial charge in [0.25, 0.3) is 0 Å². The summed E-state index contributed by atoms with van der Waals surface area (Å²) < 4.78 is 0. The summed E-state index contributed by atoms with van der Waals surface area (Å²) in [5, 5.41) is 5.88. The van der Waals surface area contributed by atoms with E-state index in [9.17, 15) is 0 Å². The van der Waals surface area contributed by atoms with E-state index < -0.39 is 0 Å². The van der Waals surface area contributed by atoms with Gasteiger partial charge in [0.2, 0.25) is 0 Å². The Kier molecular flexibility index (Phi) is 5.25. The van der Waals surface area contributed by atoms with Crippen LogP contribution in [0.25, 0.3) is 0 Å². The maximum atomic E-state index is 4.54. The highest BCUT2D eigenvalue weighted by Crippen LogP contribution is 2.39. The van der Waals surface area contributed by atoms with E-state index in [1.165, 1.54) is 0 Å². The summed E-state index contributed by atoms with van der Waals surface area (Å²) in [6.07, 6.45) is 3.67. The van der Waals surface area contributed by atoms with E-state index >= 15 is 0 Å². The third-order valence-electron chi connectivity index (χ3n) is 4.62. The molecule has 0 saturated carbocycles. The highest BCUT2D eigenvalue weighted by Gasteiger charge is 2.17. The molecule has 0 aliphatic rings. The van der Waals surface area contributed by atoms with E-state index in [1.807, 2.05) is 59.6 Å². The van der Waals surface area contributed by atoms with Crippen LogP contribution in [0.1, 0.15) is 0 Å². The van der Waals surface area contributed by atoms with Gasteiger partial charge in [-0.25, -0.2) is 9.97 Å². The topological polar surface area (TPSA) is 32.3 Å². The van der Waals surface area contributed by atoms with E-state index in [4.69, 9.17) is 0 Å². The van der Waals surface area contributed by atoms with Crippen LogP contribution in [-0.4, -0.2) is 9.97 Å². The zero-order chi connectivity index (χ0) is 20.2. The van der Waals surface area contributed by atoms with Gasteiger partial charge in [-0.3, -0.25) is 9.80 Å². The quantitative estimate of drug-likeness (QED) is 0.281. The molecular weight excluding hydrogens is 408 g/mol. The number of rotatable bonds is 6. The average Bonchev–Trinajstić information content (AvgIpc) is 3.52. The standard InChI is InChI=1S/C24H18N4S2/c1-3-7-19(8-4-1)27(23-25-15-17-29-23)21-11-13-22(14-12-21)28(24-26-16-18-30-24)20-9-5-2-6-10-20/h1-18H. The van der Waals surface area contributed by atoms with Gasteiger partial charge in [0.1, 0.15) is 0 Å². The van der Waals surface area contributed by atoms with Gasteiger partial charge in [-0.05, 0) is 48.5 Å². The molecule has 0 fully saturated rings.